The molecule has 2 heterocycles. The smallest absolute Gasteiger partial charge is 0.252 e. The van der Waals surface area contributed by atoms with Crippen LogP contribution in [0, 0.1) is 20.8 Å². The van der Waals surface area contributed by atoms with Crippen molar-refractivity contribution < 1.29 is 16.4 Å². The largest absolute Gasteiger partial charge is 0.310 e. The summed E-state index contributed by atoms with van der Waals surface area (Å²) in [5, 5.41) is 0. The Kier molecular flexibility index (Phi) is 8.87. The standard InChI is InChI=1S/C75H55BN2/c1-50-44-51(2)72(52(3)45-50)61-48-70-73-71(49-61)78(75-64(57-32-18-8-19-33-57)38-23-39-65(75)58-34-20-9-21-35-58)69-43-41-60(54-26-12-5-13-27-54)47-67(69)76(73)66-46-59(53-24-10-4-11-25-53)40-42-68(66)77(70)74-62(55-28-14-6-15-29-55)36-22-37-63(74)56-30-16-7-17-31-56/h4-49H,1-3H3/i4D,5D,10D,11D,12D,13D,22D,23D,24D,25D,26D,27D. The third-order valence-corrected chi connectivity index (χ3v) is 15.3. The lowest BCUT2D eigenvalue weighted by molar-refractivity contribution is 1.25. The Morgan fingerprint density at radius 3 is 1.03 bits per heavy atom. The number of hydrogen-bond donors (Lipinski definition) is 0. The quantitative estimate of drug-likeness (QED) is 0.133. The van der Waals surface area contributed by atoms with Crippen LogP contribution in [0.3, 0.4) is 0 Å². The van der Waals surface area contributed by atoms with Gasteiger partial charge < -0.3 is 9.80 Å². The Hall–Kier alpha value is -9.70. The summed E-state index contributed by atoms with van der Waals surface area (Å²) in [7, 11) is 0. The number of hydrogen-bond acceptors (Lipinski definition) is 2. The van der Waals surface area contributed by atoms with Crippen molar-refractivity contribution in [1.82, 2.24) is 0 Å². The Bertz CT molecular complexity index is 4490. The maximum atomic E-state index is 9.59. The van der Waals surface area contributed by atoms with Gasteiger partial charge in [-0.1, -0.05) is 260 Å². The zero-order chi connectivity index (χ0) is 62.7. The van der Waals surface area contributed by atoms with E-state index >= 15 is 0 Å². The molecule has 0 aliphatic carbocycles. The third-order valence-electron chi connectivity index (χ3n) is 15.3. The van der Waals surface area contributed by atoms with Crippen LogP contribution in [0.4, 0.5) is 34.1 Å². The molecule has 0 radical (unpaired) electrons. The molecule has 0 saturated carbocycles. The zero-order valence-electron chi connectivity index (χ0n) is 55.1. The number of para-hydroxylation sites is 2. The summed E-state index contributed by atoms with van der Waals surface area (Å²) in [5.74, 6) is 0. The topological polar surface area (TPSA) is 6.48 Å². The Balaban J connectivity index is 1.23. The van der Waals surface area contributed by atoms with Crippen LogP contribution in [0.5, 0.6) is 0 Å². The van der Waals surface area contributed by atoms with Crippen LogP contribution in [0.1, 0.15) is 33.1 Å². The first-order valence-electron chi connectivity index (χ1n) is 32.2. The molecule has 0 atom stereocenters. The van der Waals surface area contributed by atoms with Gasteiger partial charge in [0.05, 0.1) is 27.8 Å². The van der Waals surface area contributed by atoms with Crippen molar-refractivity contribution in [3.63, 3.8) is 0 Å². The van der Waals surface area contributed by atoms with Crippen LogP contribution < -0.4 is 26.2 Å². The molecule has 0 amide bonds. The Labute approximate surface area is 475 Å². The first-order chi connectivity index (χ1) is 43.4. The monoisotopic (exact) mass is 1010 g/mol. The molecule has 2 nitrogen and oxygen atoms in total. The van der Waals surface area contributed by atoms with Gasteiger partial charge in [0.2, 0.25) is 0 Å². The van der Waals surface area contributed by atoms with E-state index in [1.807, 2.05) is 182 Å². The summed E-state index contributed by atoms with van der Waals surface area (Å²) in [4.78, 5) is 4.54. The fraction of sp³-hybridized carbons (Fsp3) is 0.0400. The minimum Gasteiger partial charge on any atom is -0.310 e. The van der Waals surface area contributed by atoms with Gasteiger partial charge in [0.15, 0.2) is 0 Å². The lowest BCUT2D eigenvalue weighted by Gasteiger charge is -2.46. The highest BCUT2D eigenvalue weighted by atomic mass is 15.2. The summed E-state index contributed by atoms with van der Waals surface area (Å²) in [6.07, 6.45) is 0. The van der Waals surface area contributed by atoms with E-state index in [1.165, 1.54) is 0 Å². The van der Waals surface area contributed by atoms with Crippen LogP contribution in [0.25, 0.3) is 77.9 Å². The van der Waals surface area contributed by atoms with E-state index in [-0.39, 0.29) is 47.4 Å². The van der Waals surface area contributed by atoms with Crippen LogP contribution >= 0.6 is 0 Å². The maximum absolute atomic E-state index is 9.59. The van der Waals surface area contributed by atoms with Gasteiger partial charge in [-0.05, 0) is 128 Å². The SMILES string of the molecule is [2H]c1cc(-c2ccccc2)c(N2c3ccc(-c4c([2H])c([2H])c([2H])c([2H])c4[2H])cc3B3c4cc(-c5c([2H])c([2H])c([2H])c([2H])c5[2H])ccc4N(c4c(-c5ccccc5)cc([2H])cc4-c4ccccc4)c4cc(-c5c(C)cc(C)cc5C)cc2c43)c(-c2ccccc2)c1. The fourth-order valence-corrected chi connectivity index (χ4v) is 12.2. The van der Waals surface area contributed by atoms with Crippen molar-refractivity contribution in [2.75, 3.05) is 9.80 Å². The first kappa shape index (κ1) is 35.5. The van der Waals surface area contributed by atoms with E-state index in [0.717, 1.165) is 101 Å². The third kappa shape index (κ3) is 7.97. The molecule has 0 unspecified atom stereocenters. The molecule has 3 heteroatoms. The summed E-state index contributed by atoms with van der Waals surface area (Å²) >= 11 is 0. The van der Waals surface area contributed by atoms with E-state index in [0.29, 0.717) is 33.4 Å². The van der Waals surface area contributed by atoms with Crippen LogP contribution in [-0.4, -0.2) is 6.71 Å². The summed E-state index contributed by atoms with van der Waals surface area (Å²) in [6.45, 7) is 5.57. The number of anilines is 6. The molecule has 0 N–H and O–H groups in total. The predicted molar refractivity (Wildman–Crippen MR) is 333 cm³/mol. The molecule has 0 bridgehead atoms. The molecule has 2 aliphatic heterocycles. The average Bonchev–Trinajstić information content (AvgIpc) is 0.689. The molecule has 0 fully saturated rings. The first-order valence-corrected chi connectivity index (χ1v) is 26.2. The minimum absolute atomic E-state index is 0.0107. The van der Waals surface area contributed by atoms with Gasteiger partial charge in [-0.15, -0.1) is 0 Å². The molecule has 0 aromatic heterocycles. The van der Waals surface area contributed by atoms with Crippen molar-refractivity contribution in [2.45, 2.75) is 20.8 Å². The summed E-state index contributed by atoms with van der Waals surface area (Å²) in [6, 6.07) is 64.0. The molecule has 12 aromatic rings. The second-order valence-corrected chi connectivity index (χ2v) is 20.1. The highest BCUT2D eigenvalue weighted by Gasteiger charge is 2.45. The molecule has 0 saturated heterocycles. The second-order valence-electron chi connectivity index (χ2n) is 20.1. The minimum atomic E-state index is -0.789. The van der Waals surface area contributed by atoms with E-state index in [9.17, 15) is 8.22 Å². The van der Waals surface area contributed by atoms with E-state index < -0.39 is 43.0 Å². The Morgan fingerprint density at radius 1 is 0.308 bits per heavy atom. The molecule has 12 aromatic carbocycles. The Morgan fingerprint density at radius 2 is 0.667 bits per heavy atom. The summed E-state index contributed by atoms with van der Waals surface area (Å²) in [5.41, 5.74) is 18.7. The van der Waals surface area contributed by atoms with Crippen LogP contribution in [0.15, 0.2) is 279 Å². The van der Waals surface area contributed by atoms with Gasteiger partial charge in [0.25, 0.3) is 6.71 Å². The van der Waals surface area contributed by atoms with E-state index in [2.05, 4.69) is 54.8 Å². The number of rotatable bonds is 9. The number of benzene rings is 12. The van der Waals surface area contributed by atoms with Gasteiger partial charge in [-0.2, -0.15) is 0 Å². The molecule has 2 aliphatic rings. The van der Waals surface area contributed by atoms with Gasteiger partial charge in [-0.3, -0.25) is 0 Å². The molecular weight excluding hydrogens is 940 g/mol. The van der Waals surface area contributed by atoms with Crippen LogP contribution in [-0.2, 0) is 0 Å². The highest BCUT2D eigenvalue weighted by molar-refractivity contribution is 7.00. The van der Waals surface area contributed by atoms with Gasteiger partial charge >= 0.3 is 0 Å². The number of aryl methyl sites for hydroxylation is 3. The van der Waals surface area contributed by atoms with E-state index in [4.69, 9.17) is 8.22 Å². The lowest BCUT2D eigenvalue weighted by atomic mass is 9.33. The average molecular weight is 1010 g/mol. The normalized spacial score (nSPS) is 14.4. The number of nitrogens with zero attached hydrogens (tertiary/aromatic N) is 2. The van der Waals surface area contributed by atoms with Crippen LogP contribution in [0.2, 0.25) is 0 Å². The van der Waals surface area contributed by atoms with Gasteiger partial charge in [0.1, 0.15) is 0 Å². The molecular formula is C75H55BN2. The molecule has 368 valence electrons. The van der Waals surface area contributed by atoms with E-state index in [1.54, 1.807) is 0 Å². The maximum Gasteiger partial charge on any atom is 0.252 e. The lowest BCUT2D eigenvalue weighted by Crippen LogP contribution is -2.61. The van der Waals surface area contributed by atoms with Gasteiger partial charge in [0, 0.05) is 45.0 Å². The van der Waals surface area contributed by atoms with Crippen molar-refractivity contribution >= 4 is 57.2 Å². The van der Waals surface area contributed by atoms with Crippen molar-refractivity contribution in [2.24, 2.45) is 0 Å². The molecule has 14 rings (SSSR count). The molecule has 0 spiro atoms. The second kappa shape index (κ2) is 19.5. The fourth-order valence-electron chi connectivity index (χ4n) is 12.2. The number of fused-ring (bicyclic) bond motifs is 4. The summed E-state index contributed by atoms with van der Waals surface area (Å²) < 4.78 is 110. The predicted octanol–water partition coefficient (Wildman–Crippen LogP) is 18.4. The zero-order valence-corrected chi connectivity index (χ0v) is 43.1. The van der Waals surface area contributed by atoms with Crippen molar-refractivity contribution in [1.29, 1.82) is 0 Å². The highest BCUT2D eigenvalue weighted by Crippen LogP contribution is 2.54. The van der Waals surface area contributed by atoms with Crippen molar-refractivity contribution in [3.05, 3.63) is 295 Å². The van der Waals surface area contributed by atoms with Crippen molar-refractivity contribution in [3.8, 4) is 77.9 Å². The van der Waals surface area contributed by atoms with Gasteiger partial charge in [-0.25, -0.2) is 0 Å². The molecule has 78 heavy (non-hydrogen) atoms.